The first-order valence-corrected chi connectivity index (χ1v) is 7.67. The minimum Gasteiger partial charge on any atom is -0.273 e. The van der Waals surface area contributed by atoms with Gasteiger partial charge in [0.15, 0.2) is 0 Å². The van der Waals surface area contributed by atoms with Gasteiger partial charge in [-0.05, 0) is 46.3 Å². The van der Waals surface area contributed by atoms with E-state index in [1.165, 1.54) is 11.0 Å². The lowest BCUT2D eigenvalue weighted by Gasteiger charge is -2.08. The van der Waals surface area contributed by atoms with Crippen molar-refractivity contribution in [2.24, 2.45) is 0 Å². The Morgan fingerprint density at radius 2 is 1.88 bits per heavy atom. The molecule has 9 heteroatoms. The molecule has 2 N–H and O–H groups in total. The van der Waals surface area contributed by atoms with Crippen molar-refractivity contribution in [2.45, 2.75) is 6.42 Å². The highest BCUT2D eigenvalue weighted by atomic mass is 35.5. The summed E-state index contributed by atoms with van der Waals surface area (Å²) in [5.74, 6) is -0.785. The summed E-state index contributed by atoms with van der Waals surface area (Å²) in [7, 11) is 0. The Bertz CT molecular complexity index is 880. The van der Waals surface area contributed by atoms with E-state index in [9.17, 15) is 9.59 Å². The molecule has 0 fully saturated rings. The molecule has 3 aromatic rings. The van der Waals surface area contributed by atoms with Gasteiger partial charge in [-0.2, -0.15) is 0 Å². The maximum atomic E-state index is 12.2. The second-order valence-corrected chi connectivity index (χ2v) is 5.55. The van der Waals surface area contributed by atoms with Crippen LogP contribution < -0.4 is 10.9 Å². The molecule has 0 saturated heterocycles. The van der Waals surface area contributed by atoms with Crippen molar-refractivity contribution >= 4 is 23.4 Å². The molecule has 0 atom stereocenters. The average molecular weight is 357 g/mol. The number of hydrogen-bond donors (Lipinski definition) is 2. The van der Waals surface area contributed by atoms with Crippen LogP contribution in [0.25, 0.3) is 5.69 Å². The fraction of sp³-hybridized carbons (Fsp3) is 0.0625. The van der Waals surface area contributed by atoms with E-state index in [2.05, 4.69) is 26.4 Å². The van der Waals surface area contributed by atoms with Gasteiger partial charge in [-0.15, -0.1) is 5.10 Å². The predicted molar refractivity (Wildman–Crippen MR) is 89.9 cm³/mol. The van der Waals surface area contributed by atoms with E-state index in [1.807, 2.05) is 0 Å². The molecule has 0 aliphatic rings. The lowest BCUT2D eigenvalue weighted by atomic mass is 10.1. The van der Waals surface area contributed by atoms with Crippen molar-refractivity contribution in [3.8, 4) is 5.69 Å². The number of carbonyl (C=O) groups is 2. The molecule has 2 aromatic carbocycles. The second kappa shape index (κ2) is 7.54. The lowest BCUT2D eigenvalue weighted by Crippen LogP contribution is -2.42. The number of nitrogens with one attached hydrogen (secondary N) is 2. The molecule has 0 saturated carbocycles. The SMILES string of the molecule is O=C(Cc1ccc(Cl)cc1)NNC(=O)c1cccc(-n2cnnn2)c1. The molecule has 1 aromatic heterocycles. The largest absolute Gasteiger partial charge is 0.273 e. The highest BCUT2D eigenvalue weighted by Crippen LogP contribution is 2.10. The topological polar surface area (TPSA) is 102 Å². The first kappa shape index (κ1) is 16.6. The summed E-state index contributed by atoms with van der Waals surface area (Å²) in [5, 5.41) is 11.4. The van der Waals surface area contributed by atoms with E-state index >= 15 is 0 Å². The van der Waals surface area contributed by atoms with Crippen LogP contribution in [0.4, 0.5) is 0 Å². The van der Waals surface area contributed by atoms with Gasteiger partial charge in [-0.3, -0.25) is 20.4 Å². The molecule has 0 unspecified atom stereocenters. The van der Waals surface area contributed by atoms with E-state index in [1.54, 1.807) is 48.5 Å². The Hall–Kier alpha value is -3.26. The Balaban J connectivity index is 1.58. The van der Waals surface area contributed by atoms with Crippen molar-refractivity contribution in [3.05, 3.63) is 71.0 Å². The van der Waals surface area contributed by atoms with Gasteiger partial charge in [-0.1, -0.05) is 29.8 Å². The van der Waals surface area contributed by atoms with Crippen LogP contribution >= 0.6 is 11.6 Å². The van der Waals surface area contributed by atoms with Crippen molar-refractivity contribution in [2.75, 3.05) is 0 Å². The number of nitrogens with zero attached hydrogens (tertiary/aromatic N) is 4. The fourth-order valence-electron chi connectivity index (χ4n) is 2.10. The maximum absolute atomic E-state index is 12.2. The zero-order chi connectivity index (χ0) is 17.6. The first-order valence-electron chi connectivity index (χ1n) is 7.29. The summed E-state index contributed by atoms with van der Waals surface area (Å²) in [4.78, 5) is 24.1. The van der Waals surface area contributed by atoms with Crippen LogP contribution in [0, 0.1) is 0 Å². The molecule has 0 radical (unpaired) electrons. The fourth-order valence-corrected chi connectivity index (χ4v) is 2.23. The van der Waals surface area contributed by atoms with Crippen LogP contribution in [0.3, 0.4) is 0 Å². The normalized spacial score (nSPS) is 10.3. The average Bonchev–Trinajstić information content (AvgIpc) is 3.16. The second-order valence-electron chi connectivity index (χ2n) is 5.11. The highest BCUT2D eigenvalue weighted by molar-refractivity contribution is 6.30. The van der Waals surface area contributed by atoms with Crippen molar-refractivity contribution in [1.29, 1.82) is 0 Å². The smallest absolute Gasteiger partial charge is 0.269 e. The number of rotatable bonds is 4. The van der Waals surface area contributed by atoms with E-state index in [0.29, 0.717) is 16.3 Å². The molecule has 0 spiro atoms. The number of tetrazole rings is 1. The predicted octanol–water partition coefficient (Wildman–Crippen LogP) is 1.32. The Kier molecular flexibility index (Phi) is 5.00. The molecule has 0 aliphatic carbocycles. The van der Waals surface area contributed by atoms with E-state index in [0.717, 1.165) is 5.56 Å². The van der Waals surface area contributed by atoms with Crippen LogP contribution in [0.2, 0.25) is 5.02 Å². The molecule has 2 amide bonds. The third kappa shape index (κ3) is 4.39. The van der Waals surface area contributed by atoms with Crippen molar-refractivity contribution in [3.63, 3.8) is 0 Å². The van der Waals surface area contributed by atoms with Gasteiger partial charge in [0.1, 0.15) is 6.33 Å². The third-order valence-electron chi connectivity index (χ3n) is 3.32. The number of amides is 2. The number of carbonyl (C=O) groups excluding carboxylic acids is 2. The van der Waals surface area contributed by atoms with Gasteiger partial charge in [0.05, 0.1) is 12.1 Å². The summed E-state index contributed by atoms with van der Waals surface area (Å²) in [5.41, 5.74) is 6.54. The van der Waals surface area contributed by atoms with E-state index in [4.69, 9.17) is 11.6 Å². The van der Waals surface area contributed by atoms with Crippen molar-refractivity contribution in [1.82, 2.24) is 31.1 Å². The van der Waals surface area contributed by atoms with E-state index < -0.39 is 5.91 Å². The van der Waals surface area contributed by atoms with Gasteiger partial charge in [0, 0.05) is 10.6 Å². The first-order chi connectivity index (χ1) is 12.1. The quantitative estimate of drug-likeness (QED) is 0.686. The molecule has 0 bridgehead atoms. The minimum absolute atomic E-state index is 0.127. The summed E-state index contributed by atoms with van der Waals surface area (Å²) in [6.07, 6.45) is 1.55. The third-order valence-corrected chi connectivity index (χ3v) is 3.57. The summed E-state index contributed by atoms with van der Waals surface area (Å²) in [6, 6.07) is 13.6. The number of hydrazine groups is 1. The summed E-state index contributed by atoms with van der Waals surface area (Å²) >= 11 is 5.80. The van der Waals surface area contributed by atoms with Crippen LogP contribution in [0.15, 0.2) is 54.9 Å². The van der Waals surface area contributed by atoms with Crippen LogP contribution in [-0.4, -0.2) is 32.0 Å². The van der Waals surface area contributed by atoms with E-state index in [-0.39, 0.29) is 12.3 Å². The molecule has 3 rings (SSSR count). The Morgan fingerprint density at radius 3 is 2.60 bits per heavy atom. The summed E-state index contributed by atoms with van der Waals surface area (Å²) in [6.45, 7) is 0. The number of halogens is 1. The molecule has 1 heterocycles. The van der Waals surface area contributed by atoms with Crippen LogP contribution in [0.5, 0.6) is 0 Å². The molecule has 25 heavy (non-hydrogen) atoms. The van der Waals surface area contributed by atoms with Gasteiger partial charge in [0.25, 0.3) is 5.91 Å². The number of benzene rings is 2. The Morgan fingerprint density at radius 1 is 1.08 bits per heavy atom. The van der Waals surface area contributed by atoms with Gasteiger partial charge >= 0.3 is 0 Å². The van der Waals surface area contributed by atoms with Gasteiger partial charge < -0.3 is 0 Å². The molecular weight excluding hydrogens is 344 g/mol. The lowest BCUT2D eigenvalue weighted by molar-refractivity contribution is -0.121. The number of hydrogen-bond acceptors (Lipinski definition) is 5. The monoisotopic (exact) mass is 356 g/mol. The zero-order valence-electron chi connectivity index (χ0n) is 12.9. The molecular formula is C16H13ClN6O2. The minimum atomic E-state index is -0.445. The van der Waals surface area contributed by atoms with Crippen LogP contribution in [0.1, 0.15) is 15.9 Å². The zero-order valence-corrected chi connectivity index (χ0v) is 13.6. The Labute approximate surface area is 147 Å². The summed E-state index contributed by atoms with van der Waals surface area (Å²) < 4.78 is 1.43. The maximum Gasteiger partial charge on any atom is 0.269 e. The standard InChI is InChI=1S/C16H13ClN6O2/c17-13-6-4-11(5-7-13)8-15(24)19-20-16(25)12-2-1-3-14(9-12)23-10-18-21-22-23/h1-7,9-10H,8H2,(H,19,24)(H,20,25). The van der Waals surface area contributed by atoms with Gasteiger partial charge in [0.2, 0.25) is 5.91 Å². The molecule has 126 valence electrons. The van der Waals surface area contributed by atoms with Crippen LogP contribution in [-0.2, 0) is 11.2 Å². The highest BCUT2D eigenvalue weighted by Gasteiger charge is 2.09. The van der Waals surface area contributed by atoms with Crippen molar-refractivity contribution < 1.29 is 9.59 Å². The molecule has 8 nitrogen and oxygen atoms in total. The number of aromatic nitrogens is 4. The van der Waals surface area contributed by atoms with Gasteiger partial charge in [-0.25, -0.2) is 4.68 Å². The molecule has 0 aliphatic heterocycles.